The number of hydrogen-bond acceptors (Lipinski definition) is 4. The fourth-order valence-electron chi connectivity index (χ4n) is 3.39. The van der Waals surface area contributed by atoms with Crippen molar-refractivity contribution in [2.24, 2.45) is 0 Å². The fraction of sp³-hybridized carbons (Fsp3) is 0.391. The molecule has 3 rings (SSSR count). The van der Waals surface area contributed by atoms with Crippen molar-refractivity contribution in [3.63, 3.8) is 0 Å². The molecule has 0 unspecified atom stereocenters. The number of rotatable bonds is 5. The Hall–Kier alpha value is -2.82. The molecule has 0 bridgehead atoms. The smallest absolute Gasteiger partial charge is 0.407 e. The molecule has 1 fully saturated rings. The summed E-state index contributed by atoms with van der Waals surface area (Å²) in [5.41, 5.74) is 2.13. The lowest BCUT2D eigenvalue weighted by Crippen LogP contribution is -2.38. The third-order valence-electron chi connectivity index (χ3n) is 4.60. The van der Waals surface area contributed by atoms with Crippen molar-refractivity contribution in [3.05, 3.63) is 54.1 Å². The van der Waals surface area contributed by atoms with Gasteiger partial charge in [0.1, 0.15) is 23.7 Å². The normalized spacial score (nSPS) is 19.1. The van der Waals surface area contributed by atoms with Crippen LogP contribution in [0.4, 0.5) is 4.79 Å². The van der Waals surface area contributed by atoms with Crippen molar-refractivity contribution in [1.82, 2.24) is 5.32 Å². The van der Waals surface area contributed by atoms with Gasteiger partial charge >= 0.3 is 6.09 Å². The predicted octanol–water partition coefficient (Wildman–Crippen LogP) is 4.99. The van der Waals surface area contributed by atoms with Crippen LogP contribution in [0.2, 0.25) is 0 Å². The minimum atomic E-state index is -0.500. The molecule has 1 N–H and O–H groups in total. The van der Waals surface area contributed by atoms with Gasteiger partial charge in [-0.2, -0.15) is 0 Å². The van der Waals surface area contributed by atoms with Crippen molar-refractivity contribution >= 4 is 12.4 Å². The van der Waals surface area contributed by atoms with Gasteiger partial charge in [0.05, 0.1) is 0 Å². The van der Waals surface area contributed by atoms with Crippen LogP contribution in [-0.4, -0.2) is 30.1 Å². The van der Waals surface area contributed by atoms with Gasteiger partial charge in [0.25, 0.3) is 0 Å². The Labute approximate surface area is 166 Å². The molecule has 148 valence electrons. The van der Waals surface area contributed by atoms with E-state index in [0.717, 1.165) is 42.4 Å². The van der Waals surface area contributed by atoms with E-state index in [1.165, 1.54) is 0 Å². The third kappa shape index (κ3) is 5.59. The first-order valence-corrected chi connectivity index (χ1v) is 9.64. The predicted molar refractivity (Wildman–Crippen MR) is 109 cm³/mol. The van der Waals surface area contributed by atoms with Gasteiger partial charge in [-0.1, -0.05) is 30.3 Å². The van der Waals surface area contributed by atoms with Crippen LogP contribution in [0, 0.1) is 0 Å². The number of ether oxygens (including phenoxy) is 2. The van der Waals surface area contributed by atoms with Crippen molar-refractivity contribution < 1.29 is 19.1 Å². The van der Waals surface area contributed by atoms with E-state index in [1.807, 2.05) is 63.2 Å². The van der Waals surface area contributed by atoms with Gasteiger partial charge in [-0.25, -0.2) is 4.79 Å². The molecule has 2 aromatic rings. The highest BCUT2D eigenvalue weighted by atomic mass is 16.6. The molecule has 1 aliphatic rings. The van der Waals surface area contributed by atoms with Crippen LogP contribution in [-0.2, 0) is 4.74 Å². The van der Waals surface area contributed by atoms with Crippen LogP contribution in [0.25, 0.3) is 11.1 Å². The maximum Gasteiger partial charge on any atom is 0.407 e. The van der Waals surface area contributed by atoms with Crippen molar-refractivity contribution in [2.45, 2.75) is 57.8 Å². The van der Waals surface area contributed by atoms with Crippen LogP contribution < -0.4 is 10.1 Å². The minimum Gasteiger partial charge on any atom is -0.490 e. The summed E-state index contributed by atoms with van der Waals surface area (Å²) in [7, 11) is 0. The zero-order chi connectivity index (χ0) is 20.1. The maximum absolute atomic E-state index is 11.9. The SMILES string of the molecule is CC(C)(C)OC(=O)N[C@@H]1CC[C@H](Oc2cccc(-c3cccc(C=O)c3)c2)C1. The summed E-state index contributed by atoms with van der Waals surface area (Å²) in [6, 6.07) is 15.4. The van der Waals surface area contributed by atoms with E-state index in [-0.39, 0.29) is 18.2 Å². The van der Waals surface area contributed by atoms with Gasteiger partial charge in [0, 0.05) is 18.0 Å². The van der Waals surface area contributed by atoms with Crippen LogP contribution in [0.5, 0.6) is 5.75 Å². The van der Waals surface area contributed by atoms with Gasteiger partial charge < -0.3 is 14.8 Å². The average molecular weight is 381 g/mol. The zero-order valence-corrected chi connectivity index (χ0v) is 16.6. The summed E-state index contributed by atoms with van der Waals surface area (Å²) < 4.78 is 11.5. The maximum atomic E-state index is 11.9. The summed E-state index contributed by atoms with van der Waals surface area (Å²) in [6.07, 6.45) is 3.02. The first kappa shape index (κ1) is 19.9. The summed E-state index contributed by atoms with van der Waals surface area (Å²) in [5, 5.41) is 2.93. The number of aldehydes is 1. The fourth-order valence-corrected chi connectivity index (χ4v) is 3.39. The van der Waals surface area contributed by atoms with E-state index in [4.69, 9.17) is 9.47 Å². The Morgan fingerprint density at radius 1 is 1.07 bits per heavy atom. The van der Waals surface area contributed by atoms with Gasteiger partial charge in [-0.05, 0) is 62.9 Å². The van der Waals surface area contributed by atoms with Crippen molar-refractivity contribution in [3.8, 4) is 16.9 Å². The molecular weight excluding hydrogens is 354 g/mol. The van der Waals surface area contributed by atoms with Gasteiger partial charge in [-0.15, -0.1) is 0 Å². The van der Waals surface area contributed by atoms with E-state index in [2.05, 4.69) is 5.32 Å². The molecule has 2 atom stereocenters. The highest BCUT2D eigenvalue weighted by Gasteiger charge is 2.29. The molecule has 0 saturated heterocycles. The van der Waals surface area contributed by atoms with E-state index in [1.54, 1.807) is 6.07 Å². The minimum absolute atomic E-state index is 0.0523. The Morgan fingerprint density at radius 3 is 2.50 bits per heavy atom. The first-order valence-electron chi connectivity index (χ1n) is 9.64. The number of amides is 1. The van der Waals surface area contributed by atoms with E-state index in [0.29, 0.717) is 5.56 Å². The Balaban J connectivity index is 1.59. The summed E-state index contributed by atoms with van der Waals surface area (Å²) in [6.45, 7) is 5.56. The van der Waals surface area contributed by atoms with Gasteiger partial charge in [0.2, 0.25) is 0 Å². The van der Waals surface area contributed by atoms with Crippen molar-refractivity contribution in [1.29, 1.82) is 0 Å². The lowest BCUT2D eigenvalue weighted by molar-refractivity contribution is 0.0503. The van der Waals surface area contributed by atoms with Crippen LogP contribution in [0.15, 0.2) is 48.5 Å². The molecule has 0 heterocycles. The number of carbonyl (C=O) groups is 2. The second-order valence-electron chi connectivity index (χ2n) is 8.17. The Morgan fingerprint density at radius 2 is 1.79 bits per heavy atom. The summed E-state index contributed by atoms with van der Waals surface area (Å²) >= 11 is 0. The first-order chi connectivity index (χ1) is 13.3. The quantitative estimate of drug-likeness (QED) is 0.741. The lowest BCUT2D eigenvalue weighted by atomic mass is 10.0. The molecular formula is C23H27NO4. The van der Waals surface area contributed by atoms with Gasteiger partial charge in [-0.3, -0.25) is 4.79 Å². The molecule has 0 spiro atoms. The molecule has 0 aromatic heterocycles. The third-order valence-corrected chi connectivity index (χ3v) is 4.60. The number of benzene rings is 2. The number of carbonyl (C=O) groups excluding carboxylic acids is 2. The Bertz CT molecular complexity index is 840. The molecule has 1 amide bonds. The lowest BCUT2D eigenvalue weighted by Gasteiger charge is -2.21. The number of nitrogens with one attached hydrogen (secondary N) is 1. The molecule has 5 nitrogen and oxygen atoms in total. The van der Waals surface area contributed by atoms with Crippen LogP contribution >= 0.6 is 0 Å². The van der Waals surface area contributed by atoms with Crippen LogP contribution in [0.1, 0.15) is 50.4 Å². The van der Waals surface area contributed by atoms with Crippen LogP contribution in [0.3, 0.4) is 0 Å². The second-order valence-corrected chi connectivity index (χ2v) is 8.17. The second kappa shape index (κ2) is 8.46. The molecule has 0 radical (unpaired) electrons. The molecule has 0 aliphatic heterocycles. The molecule has 1 aliphatic carbocycles. The monoisotopic (exact) mass is 381 g/mol. The van der Waals surface area contributed by atoms with E-state index < -0.39 is 5.60 Å². The molecule has 5 heteroatoms. The highest BCUT2D eigenvalue weighted by molar-refractivity contribution is 5.79. The number of alkyl carbamates (subject to hydrolysis) is 1. The zero-order valence-electron chi connectivity index (χ0n) is 16.6. The topological polar surface area (TPSA) is 64.6 Å². The summed E-state index contributed by atoms with van der Waals surface area (Å²) in [4.78, 5) is 22.9. The summed E-state index contributed by atoms with van der Waals surface area (Å²) in [5.74, 6) is 0.789. The average Bonchev–Trinajstić information content (AvgIpc) is 3.07. The molecule has 1 saturated carbocycles. The van der Waals surface area contributed by atoms with E-state index >= 15 is 0 Å². The number of hydrogen-bond donors (Lipinski definition) is 1. The van der Waals surface area contributed by atoms with E-state index in [9.17, 15) is 9.59 Å². The Kier molecular flexibility index (Phi) is 6.02. The van der Waals surface area contributed by atoms with Crippen molar-refractivity contribution in [2.75, 3.05) is 0 Å². The highest BCUT2D eigenvalue weighted by Crippen LogP contribution is 2.29. The largest absolute Gasteiger partial charge is 0.490 e. The van der Waals surface area contributed by atoms with Gasteiger partial charge in [0.15, 0.2) is 0 Å². The molecule has 28 heavy (non-hydrogen) atoms. The standard InChI is InChI=1S/C23H27NO4/c1-23(2,3)28-22(26)24-19-10-11-21(14-19)27-20-9-5-8-18(13-20)17-7-4-6-16(12-17)15-25/h4-9,12-13,15,19,21H,10-11,14H2,1-3H3,(H,24,26)/t19-,21+/m1/s1. The molecule has 2 aromatic carbocycles.